The molecular formula is C46H68. The van der Waals surface area contributed by atoms with Crippen LogP contribution in [0.3, 0.4) is 0 Å². The van der Waals surface area contributed by atoms with Gasteiger partial charge in [0.1, 0.15) is 0 Å². The molecular weight excluding hydrogens is 553 g/mol. The molecule has 0 aliphatic rings. The summed E-state index contributed by atoms with van der Waals surface area (Å²) in [7, 11) is 0. The second kappa shape index (κ2) is 20.8. The Kier molecular flexibility index (Phi) is 16.5. The highest BCUT2D eigenvalue weighted by Crippen LogP contribution is 2.43. The Morgan fingerprint density at radius 1 is 0.283 bits per heavy atom. The van der Waals surface area contributed by atoms with Gasteiger partial charge in [-0.3, -0.25) is 0 Å². The molecule has 0 heteroatoms. The van der Waals surface area contributed by atoms with Crippen LogP contribution in [0.1, 0.15) is 178 Å². The molecule has 0 aliphatic carbocycles. The number of fused-ring (bicyclic) bond motifs is 3. The van der Waals surface area contributed by atoms with Gasteiger partial charge in [0, 0.05) is 0 Å². The molecule has 0 saturated heterocycles. The van der Waals surface area contributed by atoms with E-state index in [2.05, 4.69) is 76.2 Å². The van der Waals surface area contributed by atoms with Crippen LogP contribution in [0.5, 0.6) is 0 Å². The fourth-order valence-corrected chi connectivity index (χ4v) is 8.19. The van der Waals surface area contributed by atoms with E-state index in [4.69, 9.17) is 0 Å². The maximum atomic E-state index is 2.49. The fourth-order valence-electron chi connectivity index (χ4n) is 8.19. The lowest BCUT2D eigenvalue weighted by Gasteiger charge is -2.25. The molecule has 0 heterocycles. The van der Waals surface area contributed by atoms with Crippen LogP contribution in [0.15, 0.2) is 48.5 Å². The average molecular weight is 621 g/mol. The van der Waals surface area contributed by atoms with Crippen LogP contribution < -0.4 is 0 Å². The van der Waals surface area contributed by atoms with E-state index >= 15 is 0 Å². The third-order valence-electron chi connectivity index (χ3n) is 10.7. The second-order valence-electron chi connectivity index (χ2n) is 14.4. The van der Waals surface area contributed by atoms with E-state index in [1.54, 1.807) is 54.6 Å². The number of unbranched alkanes of at least 4 members (excludes halogenated alkanes) is 16. The summed E-state index contributed by atoms with van der Waals surface area (Å²) in [5.74, 6) is 0. The van der Waals surface area contributed by atoms with Gasteiger partial charge in [0.15, 0.2) is 0 Å². The topological polar surface area (TPSA) is 0 Å². The van der Waals surface area contributed by atoms with Crippen LogP contribution in [-0.4, -0.2) is 0 Å². The Morgan fingerprint density at radius 3 is 0.717 bits per heavy atom. The van der Waals surface area contributed by atoms with Crippen LogP contribution in [-0.2, 0) is 25.7 Å². The van der Waals surface area contributed by atoms with Crippen molar-refractivity contribution in [2.45, 2.75) is 182 Å². The highest BCUT2D eigenvalue weighted by Gasteiger charge is 2.22. The Morgan fingerprint density at radius 2 is 0.500 bits per heavy atom. The van der Waals surface area contributed by atoms with Gasteiger partial charge in [-0.2, -0.15) is 0 Å². The van der Waals surface area contributed by atoms with E-state index < -0.39 is 0 Å². The first-order valence-corrected chi connectivity index (χ1v) is 20.1. The fraction of sp³-hybridized carbons (Fsp3) is 0.609. The van der Waals surface area contributed by atoms with Gasteiger partial charge in [-0.15, -0.1) is 0 Å². The SMILES string of the molecule is CCCCCCCc1c2ccccc2c(CCCCCCC)c2c(CCCCCCC)c3ccccc3c(CCCCCCC)c12. The van der Waals surface area contributed by atoms with Gasteiger partial charge >= 0.3 is 0 Å². The Balaban J connectivity index is 1.96. The molecule has 252 valence electrons. The quantitative estimate of drug-likeness (QED) is 0.0540. The highest BCUT2D eigenvalue weighted by molar-refractivity contribution is 6.15. The van der Waals surface area contributed by atoms with Crippen molar-refractivity contribution in [2.24, 2.45) is 0 Å². The number of aryl methyl sites for hydroxylation is 4. The summed E-state index contributed by atoms with van der Waals surface area (Å²) in [5.41, 5.74) is 6.72. The van der Waals surface area contributed by atoms with Crippen molar-refractivity contribution in [3.63, 3.8) is 0 Å². The normalized spacial score (nSPS) is 11.8. The van der Waals surface area contributed by atoms with Crippen LogP contribution in [0, 0.1) is 0 Å². The number of benzene rings is 4. The lowest BCUT2D eigenvalue weighted by molar-refractivity contribution is 0.629. The summed E-state index contributed by atoms with van der Waals surface area (Å²) < 4.78 is 0. The van der Waals surface area contributed by atoms with Crippen LogP contribution in [0.4, 0.5) is 0 Å². The zero-order chi connectivity index (χ0) is 32.4. The lowest BCUT2D eigenvalue weighted by atomic mass is 9.79. The van der Waals surface area contributed by atoms with Crippen molar-refractivity contribution in [2.75, 3.05) is 0 Å². The first-order chi connectivity index (χ1) is 22.8. The van der Waals surface area contributed by atoms with Crippen LogP contribution in [0.25, 0.3) is 32.3 Å². The minimum absolute atomic E-state index is 1.22. The standard InChI is InChI=1S/C46H68/c1-5-9-13-17-21-33-41-37-29-25-26-30-38(37)43(35-23-19-15-11-7-3)46-44(36-24-20-16-12-8-4)40-32-28-27-31-39(40)42(45(41)46)34-22-18-14-10-6-2/h25-32H,5-24,33-36H2,1-4H3. The first kappa shape index (κ1) is 36.5. The molecule has 4 aromatic rings. The smallest absolute Gasteiger partial charge is 0.0101 e. The molecule has 0 bridgehead atoms. The zero-order valence-electron chi connectivity index (χ0n) is 30.6. The summed E-state index contributed by atoms with van der Waals surface area (Å²) in [4.78, 5) is 0. The second-order valence-corrected chi connectivity index (χ2v) is 14.4. The van der Waals surface area contributed by atoms with Gasteiger partial charge < -0.3 is 0 Å². The predicted octanol–water partition coefficient (Wildman–Crippen LogP) is 15.2. The molecule has 0 N–H and O–H groups in total. The Labute approximate surface area is 284 Å². The Hall–Kier alpha value is -2.34. The molecule has 0 spiro atoms. The highest BCUT2D eigenvalue weighted by atomic mass is 14.3. The van der Waals surface area contributed by atoms with Gasteiger partial charge in [0.05, 0.1) is 0 Å². The number of rotatable bonds is 24. The first-order valence-electron chi connectivity index (χ1n) is 20.1. The number of hydrogen-bond acceptors (Lipinski definition) is 0. The van der Waals surface area contributed by atoms with Crippen molar-refractivity contribution in [1.29, 1.82) is 0 Å². The monoisotopic (exact) mass is 621 g/mol. The van der Waals surface area contributed by atoms with Crippen molar-refractivity contribution in [3.05, 3.63) is 70.8 Å². The minimum Gasteiger partial charge on any atom is -0.0654 e. The summed E-state index contributed by atoms with van der Waals surface area (Å²) in [5, 5.41) is 9.62. The maximum absolute atomic E-state index is 2.49. The lowest BCUT2D eigenvalue weighted by Crippen LogP contribution is -2.05. The van der Waals surface area contributed by atoms with E-state index in [0.717, 1.165) is 0 Å². The molecule has 0 unspecified atom stereocenters. The summed E-state index contributed by atoms with van der Waals surface area (Å²) in [6, 6.07) is 19.2. The van der Waals surface area contributed by atoms with E-state index in [1.165, 1.54) is 154 Å². The maximum Gasteiger partial charge on any atom is -0.0101 e. The molecule has 0 fully saturated rings. The van der Waals surface area contributed by atoms with Crippen LogP contribution in [0.2, 0.25) is 0 Å². The van der Waals surface area contributed by atoms with Crippen LogP contribution >= 0.6 is 0 Å². The van der Waals surface area contributed by atoms with Gasteiger partial charge in [0.2, 0.25) is 0 Å². The van der Waals surface area contributed by atoms with Crippen molar-refractivity contribution < 1.29 is 0 Å². The molecule has 0 radical (unpaired) electrons. The summed E-state index contributed by atoms with van der Waals surface area (Å²) in [6.45, 7) is 9.35. The minimum atomic E-state index is 1.22. The molecule has 46 heavy (non-hydrogen) atoms. The third kappa shape index (κ3) is 9.84. The van der Waals surface area contributed by atoms with E-state index in [1.807, 2.05) is 0 Å². The van der Waals surface area contributed by atoms with Gasteiger partial charge in [-0.25, -0.2) is 0 Å². The molecule has 0 atom stereocenters. The van der Waals surface area contributed by atoms with Crippen molar-refractivity contribution >= 4 is 32.3 Å². The number of hydrogen-bond donors (Lipinski definition) is 0. The van der Waals surface area contributed by atoms with Crippen molar-refractivity contribution in [3.8, 4) is 0 Å². The van der Waals surface area contributed by atoms with E-state index in [9.17, 15) is 0 Å². The predicted molar refractivity (Wildman–Crippen MR) is 209 cm³/mol. The molecule has 4 rings (SSSR count). The molecule has 0 nitrogen and oxygen atoms in total. The molecule has 0 aliphatic heterocycles. The van der Waals surface area contributed by atoms with Gasteiger partial charge in [-0.1, -0.05) is 179 Å². The van der Waals surface area contributed by atoms with E-state index in [-0.39, 0.29) is 0 Å². The van der Waals surface area contributed by atoms with Gasteiger partial charge in [0.25, 0.3) is 0 Å². The van der Waals surface area contributed by atoms with Crippen molar-refractivity contribution in [1.82, 2.24) is 0 Å². The average Bonchev–Trinajstić information content (AvgIpc) is 3.08. The third-order valence-corrected chi connectivity index (χ3v) is 10.7. The van der Waals surface area contributed by atoms with Gasteiger partial charge in [-0.05, 0) is 106 Å². The molecule has 0 saturated carbocycles. The zero-order valence-corrected chi connectivity index (χ0v) is 30.6. The van der Waals surface area contributed by atoms with E-state index in [0.29, 0.717) is 0 Å². The Bertz CT molecular complexity index is 1220. The largest absolute Gasteiger partial charge is 0.0654 e. The molecule has 4 aromatic carbocycles. The molecule has 0 aromatic heterocycles. The summed E-state index contributed by atoms with van der Waals surface area (Å²) in [6.07, 6.45) is 31.8. The molecule has 0 amide bonds. The summed E-state index contributed by atoms with van der Waals surface area (Å²) >= 11 is 0.